The van der Waals surface area contributed by atoms with Crippen molar-refractivity contribution in [2.75, 3.05) is 17.6 Å². The smallest absolute Gasteiger partial charge is 0.254 e. The van der Waals surface area contributed by atoms with Gasteiger partial charge in [0.2, 0.25) is 21.7 Å². The standard InChI is InChI=1S/C28H30N4O4S/c1-19-9-6-7-12-24(19)27-29-25(36-30-27)18-31(4)28(33)23-15-13-22(14-16-23)17-32(37(5,34)35)26-20(2)10-8-11-21(26)3/h6-16H,17-18H2,1-5H3. The Kier molecular flexibility index (Phi) is 7.45. The fraction of sp³-hybridized carbons (Fsp3) is 0.250. The van der Waals surface area contributed by atoms with E-state index in [1.54, 1.807) is 31.3 Å². The first kappa shape index (κ1) is 26.1. The highest BCUT2D eigenvalue weighted by Gasteiger charge is 2.22. The molecule has 0 bridgehead atoms. The highest BCUT2D eigenvalue weighted by Crippen LogP contribution is 2.28. The normalized spacial score (nSPS) is 11.4. The van der Waals surface area contributed by atoms with Crippen LogP contribution in [-0.2, 0) is 23.1 Å². The molecule has 192 valence electrons. The average Bonchev–Trinajstić information content (AvgIpc) is 3.31. The molecule has 0 N–H and O–H groups in total. The van der Waals surface area contributed by atoms with E-state index in [-0.39, 0.29) is 19.0 Å². The van der Waals surface area contributed by atoms with Gasteiger partial charge in [0.1, 0.15) is 0 Å². The summed E-state index contributed by atoms with van der Waals surface area (Å²) in [6.45, 7) is 6.09. The molecule has 0 aliphatic carbocycles. The van der Waals surface area contributed by atoms with Crippen LogP contribution in [0, 0.1) is 20.8 Å². The van der Waals surface area contributed by atoms with Crippen molar-refractivity contribution in [3.63, 3.8) is 0 Å². The molecule has 1 aromatic heterocycles. The van der Waals surface area contributed by atoms with Gasteiger partial charge in [-0.05, 0) is 55.2 Å². The van der Waals surface area contributed by atoms with Gasteiger partial charge in [-0.1, -0.05) is 59.8 Å². The maximum absolute atomic E-state index is 13.0. The first-order chi connectivity index (χ1) is 17.5. The van der Waals surface area contributed by atoms with Crippen LogP contribution in [0.15, 0.2) is 71.3 Å². The number of hydrogen-bond acceptors (Lipinski definition) is 6. The lowest BCUT2D eigenvalue weighted by atomic mass is 10.1. The lowest BCUT2D eigenvalue weighted by molar-refractivity contribution is 0.0769. The van der Waals surface area contributed by atoms with E-state index < -0.39 is 10.0 Å². The summed E-state index contributed by atoms with van der Waals surface area (Å²) in [5.74, 6) is 0.609. The first-order valence-corrected chi connectivity index (χ1v) is 13.7. The lowest BCUT2D eigenvalue weighted by Gasteiger charge is -2.26. The highest BCUT2D eigenvalue weighted by molar-refractivity contribution is 7.92. The van der Waals surface area contributed by atoms with Crippen LogP contribution < -0.4 is 4.31 Å². The van der Waals surface area contributed by atoms with Gasteiger partial charge < -0.3 is 9.42 Å². The Bertz CT molecular complexity index is 1510. The molecule has 0 atom stereocenters. The molecule has 37 heavy (non-hydrogen) atoms. The molecule has 4 rings (SSSR count). The van der Waals surface area contributed by atoms with Crippen molar-refractivity contribution in [2.45, 2.75) is 33.9 Å². The highest BCUT2D eigenvalue weighted by atomic mass is 32.2. The molecule has 3 aromatic carbocycles. The second-order valence-electron chi connectivity index (χ2n) is 9.19. The van der Waals surface area contributed by atoms with Gasteiger partial charge >= 0.3 is 0 Å². The third-order valence-electron chi connectivity index (χ3n) is 6.19. The number of carbonyl (C=O) groups is 1. The van der Waals surface area contributed by atoms with Crippen LogP contribution in [0.25, 0.3) is 11.4 Å². The fourth-order valence-electron chi connectivity index (χ4n) is 4.23. The summed E-state index contributed by atoms with van der Waals surface area (Å²) in [7, 11) is -1.85. The predicted molar refractivity (Wildman–Crippen MR) is 144 cm³/mol. The summed E-state index contributed by atoms with van der Waals surface area (Å²) in [5, 5.41) is 4.05. The van der Waals surface area contributed by atoms with Crippen LogP contribution in [0.1, 0.15) is 38.5 Å². The summed E-state index contributed by atoms with van der Waals surface area (Å²) in [6.07, 6.45) is 1.20. The number of benzene rings is 3. The van der Waals surface area contributed by atoms with E-state index in [1.165, 1.54) is 15.5 Å². The molecule has 9 heteroatoms. The van der Waals surface area contributed by atoms with E-state index >= 15 is 0 Å². The first-order valence-electron chi connectivity index (χ1n) is 11.8. The van der Waals surface area contributed by atoms with Crippen molar-refractivity contribution < 1.29 is 17.7 Å². The zero-order valence-electron chi connectivity index (χ0n) is 21.6. The maximum Gasteiger partial charge on any atom is 0.254 e. The van der Waals surface area contributed by atoms with Crippen molar-refractivity contribution in [3.05, 3.63) is 100 Å². The number of carbonyl (C=O) groups excluding carboxylic acids is 1. The van der Waals surface area contributed by atoms with E-state index in [4.69, 9.17) is 4.52 Å². The number of hydrogen-bond donors (Lipinski definition) is 0. The van der Waals surface area contributed by atoms with Crippen molar-refractivity contribution >= 4 is 21.6 Å². The topological polar surface area (TPSA) is 96.6 Å². The van der Waals surface area contributed by atoms with Crippen LogP contribution in [0.3, 0.4) is 0 Å². The quantitative estimate of drug-likeness (QED) is 0.329. The van der Waals surface area contributed by atoms with Gasteiger partial charge in [0.15, 0.2) is 0 Å². The molecular weight excluding hydrogens is 488 g/mol. The molecule has 4 aromatic rings. The van der Waals surface area contributed by atoms with Gasteiger partial charge in [0, 0.05) is 18.2 Å². The minimum Gasteiger partial charge on any atom is -0.337 e. The molecule has 0 radical (unpaired) electrons. The Morgan fingerprint density at radius 3 is 2.11 bits per heavy atom. The lowest BCUT2D eigenvalue weighted by Crippen LogP contribution is -2.30. The number of nitrogens with zero attached hydrogens (tertiary/aromatic N) is 4. The number of aryl methyl sites for hydroxylation is 3. The molecule has 0 unspecified atom stereocenters. The molecule has 0 aliphatic rings. The average molecular weight is 519 g/mol. The van der Waals surface area contributed by atoms with Crippen molar-refractivity contribution in [3.8, 4) is 11.4 Å². The number of amides is 1. The van der Waals surface area contributed by atoms with E-state index in [9.17, 15) is 13.2 Å². The summed E-state index contributed by atoms with van der Waals surface area (Å²) >= 11 is 0. The van der Waals surface area contributed by atoms with E-state index in [0.29, 0.717) is 23.0 Å². The second-order valence-corrected chi connectivity index (χ2v) is 11.1. The minimum absolute atomic E-state index is 0.161. The Labute approximate surface area is 217 Å². The van der Waals surface area contributed by atoms with Crippen molar-refractivity contribution in [1.29, 1.82) is 0 Å². The fourth-order valence-corrected chi connectivity index (χ4v) is 5.23. The third kappa shape index (κ3) is 5.89. The molecule has 0 saturated heterocycles. The van der Waals surface area contributed by atoms with Gasteiger partial charge in [-0.3, -0.25) is 9.10 Å². The number of para-hydroxylation sites is 1. The monoisotopic (exact) mass is 518 g/mol. The summed E-state index contributed by atoms with van der Waals surface area (Å²) in [5.41, 5.74) is 5.60. The molecule has 0 aliphatic heterocycles. The summed E-state index contributed by atoms with van der Waals surface area (Å²) < 4.78 is 32.0. The second kappa shape index (κ2) is 10.6. The molecular formula is C28H30N4O4S. The van der Waals surface area contributed by atoms with E-state index in [0.717, 1.165) is 27.8 Å². The van der Waals surface area contributed by atoms with E-state index in [1.807, 2.05) is 63.2 Å². The molecule has 0 spiro atoms. The van der Waals surface area contributed by atoms with Gasteiger partial charge in [-0.15, -0.1) is 0 Å². The maximum atomic E-state index is 13.0. The Morgan fingerprint density at radius 2 is 1.49 bits per heavy atom. The number of anilines is 1. The summed E-state index contributed by atoms with van der Waals surface area (Å²) in [6, 6.07) is 20.4. The Balaban J connectivity index is 1.47. The SMILES string of the molecule is Cc1ccccc1-c1noc(CN(C)C(=O)c2ccc(CN(c3c(C)cccc3C)S(C)(=O)=O)cc2)n1. The number of sulfonamides is 1. The zero-order chi connectivity index (χ0) is 26.7. The van der Waals surface area contributed by atoms with Crippen LogP contribution >= 0.6 is 0 Å². The third-order valence-corrected chi connectivity index (χ3v) is 7.30. The Morgan fingerprint density at radius 1 is 0.865 bits per heavy atom. The van der Waals surface area contributed by atoms with Gasteiger partial charge in [-0.25, -0.2) is 8.42 Å². The van der Waals surface area contributed by atoms with Gasteiger partial charge in [-0.2, -0.15) is 4.98 Å². The zero-order valence-corrected chi connectivity index (χ0v) is 22.4. The van der Waals surface area contributed by atoms with Crippen molar-refractivity contribution in [2.24, 2.45) is 0 Å². The molecule has 0 fully saturated rings. The summed E-state index contributed by atoms with van der Waals surface area (Å²) in [4.78, 5) is 19.0. The van der Waals surface area contributed by atoms with Crippen LogP contribution in [0.2, 0.25) is 0 Å². The minimum atomic E-state index is -3.52. The van der Waals surface area contributed by atoms with E-state index in [2.05, 4.69) is 10.1 Å². The predicted octanol–water partition coefficient (Wildman–Crippen LogP) is 4.90. The van der Waals surface area contributed by atoms with Crippen LogP contribution in [0.5, 0.6) is 0 Å². The van der Waals surface area contributed by atoms with Gasteiger partial charge in [0.25, 0.3) is 5.91 Å². The molecule has 1 amide bonds. The van der Waals surface area contributed by atoms with Crippen molar-refractivity contribution in [1.82, 2.24) is 15.0 Å². The number of aromatic nitrogens is 2. The van der Waals surface area contributed by atoms with Crippen LogP contribution in [0.4, 0.5) is 5.69 Å². The Hall–Kier alpha value is -3.98. The molecule has 0 saturated carbocycles. The van der Waals surface area contributed by atoms with Crippen LogP contribution in [-0.4, -0.2) is 42.7 Å². The van der Waals surface area contributed by atoms with Gasteiger partial charge in [0.05, 0.1) is 25.0 Å². The number of rotatable bonds is 8. The molecule has 8 nitrogen and oxygen atoms in total. The largest absolute Gasteiger partial charge is 0.337 e. The molecule has 1 heterocycles.